The molecule has 2 atom stereocenters. The van der Waals surface area contributed by atoms with Crippen LogP contribution in [-0.2, 0) is 14.4 Å². The highest BCUT2D eigenvalue weighted by Crippen LogP contribution is 2.31. The van der Waals surface area contributed by atoms with Crippen molar-refractivity contribution < 1.29 is 19.1 Å². The van der Waals surface area contributed by atoms with Crippen LogP contribution in [0.4, 0.5) is 5.82 Å². The summed E-state index contributed by atoms with van der Waals surface area (Å²) in [5.41, 5.74) is 0. The first kappa shape index (κ1) is 17.8. The number of carbonyl (C=O) groups is 3. The zero-order valence-corrected chi connectivity index (χ0v) is 15.5. The van der Waals surface area contributed by atoms with Crippen LogP contribution >= 0.6 is 0 Å². The number of hydrogen-bond donors (Lipinski definition) is 0. The number of aromatic nitrogens is 1. The van der Waals surface area contributed by atoms with E-state index < -0.39 is 0 Å². The highest BCUT2D eigenvalue weighted by Gasteiger charge is 2.42. The van der Waals surface area contributed by atoms with Crippen LogP contribution in [0.5, 0.6) is 5.75 Å². The van der Waals surface area contributed by atoms with Gasteiger partial charge in [-0.05, 0) is 31.4 Å². The van der Waals surface area contributed by atoms with Gasteiger partial charge in [0.25, 0.3) is 5.91 Å². The Bertz CT molecular complexity index is 768. The number of piperidine rings is 1. The van der Waals surface area contributed by atoms with E-state index in [1.165, 1.54) is 4.90 Å². The normalized spacial score (nSPS) is 24.6. The summed E-state index contributed by atoms with van der Waals surface area (Å²) < 4.78 is 5.38. The van der Waals surface area contributed by atoms with Gasteiger partial charge < -0.3 is 14.5 Å². The smallest absolute Gasteiger partial charge is 0.266 e. The topological polar surface area (TPSA) is 83.1 Å². The Hall–Kier alpha value is -2.64. The number of rotatable bonds is 4. The first-order valence-electron chi connectivity index (χ1n) is 9.55. The summed E-state index contributed by atoms with van der Waals surface area (Å²) in [6, 6.07) is 3.54. The van der Waals surface area contributed by atoms with Crippen LogP contribution in [0.1, 0.15) is 26.2 Å². The third-order valence-corrected chi connectivity index (χ3v) is 5.56. The second kappa shape index (κ2) is 7.17. The molecule has 8 heteroatoms. The Morgan fingerprint density at radius 2 is 2.15 bits per heavy atom. The van der Waals surface area contributed by atoms with E-state index in [9.17, 15) is 14.4 Å². The van der Waals surface area contributed by atoms with E-state index in [-0.39, 0.29) is 42.8 Å². The van der Waals surface area contributed by atoms with E-state index in [2.05, 4.69) is 11.9 Å². The SMILES string of the molecule is CCCN1C(=O)[C@@H]2CC[C@H]1CN(C(=O)CN1C(=O)COc3cccnc31)C2. The van der Waals surface area contributed by atoms with Crippen LogP contribution in [0.3, 0.4) is 0 Å². The molecule has 3 saturated heterocycles. The van der Waals surface area contributed by atoms with Crippen molar-refractivity contribution >= 4 is 23.5 Å². The number of carbonyl (C=O) groups excluding carboxylic acids is 3. The van der Waals surface area contributed by atoms with E-state index in [1.807, 2.05) is 4.90 Å². The number of ether oxygens (including phenoxy) is 1. The number of anilines is 1. The lowest BCUT2D eigenvalue weighted by molar-refractivity contribution is -0.139. The fraction of sp³-hybridized carbons (Fsp3) is 0.579. The summed E-state index contributed by atoms with van der Waals surface area (Å²) in [6.07, 6.45) is 4.24. The van der Waals surface area contributed by atoms with Gasteiger partial charge >= 0.3 is 0 Å². The first-order chi connectivity index (χ1) is 13.1. The molecule has 2 bridgehead atoms. The lowest BCUT2D eigenvalue weighted by Crippen LogP contribution is -2.49. The molecule has 8 nitrogen and oxygen atoms in total. The molecule has 5 rings (SSSR count). The summed E-state index contributed by atoms with van der Waals surface area (Å²) in [4.78, 5) is 47.3. The molecule has 27 heavy (non-hydrogen) atoms. The predicted molar refractivity (Wildman–Crippen MR) is 97.2 cm³/mol. The molecule has 0 N–H and O–H groups in total. The van der Waals surface area contributed by atoms with Gasteiger partial charge in [-0.25, -0.2) is 4.98 Å². The number of fused-ring (bicyclic) bond motifs is 5. The minimum atomic E-state index is -0.281. The van der Waals surface area contributed by atoms with Crippen molar-refractivity contribution in [2.45, 2.75) is 32.2 Å². The fourth-order valence-corrected chi connectivity index (χ4v) is 4.21. The molecule has 0 saturated carbocycles. The van der Waals surface area contributed by atoms with Gasteiger partial charge in [0.05, 0.1) is 5.92 Å². The summed E-state index contributed by atoms with van der Waals surface area (Å²) in [5.74, 6) is 0.484. The maximum absolute atomic E-state index is 13.0. The second-order valence-electron chi connectivity index (χ2n) is 7.35. The van der Waals surface area contributed by atoms with Gasteiger partial charge in [0.1, 0.15) is 6.54 Å². The van der Waals surface area contributed by atoms with Crippen LogP contribution in [0.2, 0.25) is 0 Å². The van der Waals surface area contributed by atoms with Crippen LogP contribution in [-0.4, -0.2) is 71.3 Å². The maximum Gasteiger partial charge on any atom is 0.266 e. The van der Waals surface area contributed by atoms with Gasteiger partial charge in [-0.3, -0.25) is 19.3 Å². The van der Waals surface area contributed by atoms with E-state index in [4.69, 9.17) is 4.74 Å². The van der Waals surface area contributed by atoms with E-state index >= 15 is 0 Å². The average Bonchev–Trinajstić information content (AvgIpc) is 2.97. The Balaban J connectivity index is 1.51. The van der Waals surface area contributed by atoms with Crippen molar-refractivity contribution in [3.05, 3.63) is 18.3 Å². The quantitative estimate of drug-likeness (QED) is 0.776. The van der Waals surface area contributed by atoms with Crippen LogP contribution in [0.15, 0.2) is 18.3 Å². The zero-order chi connectivity index (χ0) is 19.0. The second-order valence-corrected chi connectivity index (χ2v) is 7.35. The standard InChI is InChI=1S/C19H24N4O4/c1-2-8-22-14-6-5-13(19(22)26)9-21(10-14)16(24)11-23-17(25)12-27-15-4-3-7-20-18(15)23/h3-4,7,13-14H,2,5-6,8-12H2,1H3/t13-,14+/m1/s1. The Morgan fingerprint density at radius 3 is 2.96 bits per heavy atom. The van der Waals surface area contributed by atoms with Gasteiger partial charge in [0, 0.05) is 31.9 Å². The summed E-state index contributed by atoms with van der Waals surface area (Å²) in [6.45, 7) is 3.59. The highest BCUT2D eigenvalue weighted by atomic mass is 16.5. The summed E-state index contributed by atoms with van der Waals surface area (Å²) in [5, 5.41) is 0. The molecule has 5 heterocycles. The Morgan fingerprint density at radius 1 is 1.30 bits per heavy atom. The molecule has 3 fully saturated rings. The minimum absolute atomic E-state index is 0.0750. The molecule has 4 aliphatic heterocycles. The lowest BCUT2D eigenvalue weighted by Gasteiger charge is -2.35. The van der Waals surface area contributed by atoms with Gasteiger partial charge in [-0.15, -0.1) is 0 Å². The molecule has 3 amide bonds. The molecule has 1 aromatic heterocycles. The fourth-order valence-electron chi connectivity index (χ4n) is 4.21. The van der Waals surface area contributed by atoms with Crippen molar-refractivity contribution in [1.82, 2.24) is 14.8 Å². The lowest BCUT2D eigenvalue weighted by atomic mass is 9.94. The predicted octanol–water partition coefficient (Wildman–Crippen LogP) is 0.666. The molecule has 144 valence electrons. The van der Waals surface area contributed by atoms with Crippen molar-refractivity contribution in [1.29, 1.82) is 0 Å². The average molecular weight is 372 g/mol. The first-order valence-corrected chi connectivity index (χ1v) is 9.55. The van der Waals surface area contributed by atoms with Gasteiger partial charge in [0.2, 0.25) is 11.8 Å². The highest BCUT2D eigenvalue weighted by molar-refractivity contribution is 6.01. The van der Waals surface area contributed by atoms with Crippen LogP contribution in [0.25, 0.3) is 0 Å². The number of nitrogens with zero attached hydrogens (tertiary/aromatic N) is 4. The number of amides is 3. The number of hydrogen-bond acceptors (Lipinski definition) is 5. The molecule has 1 aromatic rings. The summed E-state index contributed by atoms with van der Waals surface area (Å²) >= 11 is 0. The maximum atomic E-state index is 13.0. The molecular formula is C19H24N4O4. The molecule has 0 aromatic carbocycles. The van der Waals surface area contributed by atoms with Gasteiger partial charge in [-0.2, -0.15) is 0 Å². The largest absolute Gasteiger partial charge is 0.480 e. The van der Waals surface area contributed by atoms with E-state index in [1.54, 1.807) is 23.2 Å². The van der Waals surface area contributed by atoms with Crippen molar-refractivity contribution in [3.8, 4) is 5.75 Å². The van der Waals surface area contributed by atoms with E-state index in [0.29, 0.717) is 24.7 Å². The van der Waals surface area contributed by atoms with E-state index in [0.717, 1.165) is 25.8 Å². The van der Waals surface area contributed by atoms with Crippen molar-refractivity contribution in [2.75, 3.05) is 37.7 Å². The van der Waals surface area contributed by atoms with Crippen LogP contribution in [0, 0.1) is 5.92 Å². The zero-order valence-electron chi connectivity index (χ0n) is 15.5. The Kier molecular flexibility index (Phi) is 4.72. The van der Waals surface area contributed by atoms with Crippen molar-refractivity contribution in [3.63, 3.8) is 0 Å². The monoisotopic (exact) mass is 372 g/mol. The third kappa shape index (κ3) is 3.24. The molecule has 4 aliphatic rings. The molecule has 0 radical (unpaired) electrons. The molecular weight excluding hydrogens is 348 g/mol. The Labute approximate surface area is 158 Å². The van der Waals surface area contributed by atoms with Crippen molar-refractivity contribution in [2.24, 2.45) is 5.92 Å². The van der Waals surface area contributed by atoms with Crippen LogP contribution < -0.4 is 9.64 Å². The molecule has 0 spiro atoms. The molecule has 0 aliphatic carbocycles. The molecule has 0 unspecified atom stereocenters. The van der Waals surface area contributed by atoms with Gasteiger partial charge in [-0.1, -0.05) is 6.92 Å². The van der Waals surface area contributed by atoms with Gasteiger partial charge in [0.15, 0.2) is 18.2 Å². The minimum Gasteiger partial charge on any atom is -0.480 e. The third-order valence-electron chi connectivity index (χ3n) is 5.56. The summed E-state index contributed by atoms with van der Waals surface area (Å²) in [7, 11) is 0. The number of pyridine rings is 1.